The zero-order chi connectivity index (χ0) is 12.4. The van der Waals surface area contributed by atoms with E-state index in [0.29, 0.717) is 11.7 Å². The predicted octanol–water partition coefficient (Wildman–Crippen LogP) is -0.491. The van der Waals surface area contributed by atoms with Gasteiger partial charge in [-0.05, 0) is 0 Å². The van der Waals surface area contributed by atoms with Gasteiger partial charge in [0.05, 0.1) is 13.2 Å². The number of anilines is 1. The van der Waals surface area contributed by atoms with Gasteiger partial charge >= 0.3 is 5.97 Å². The lowest BCUT2D eigenvalue weighted by Crippen LogP contribution is -2.36. The zero-order valence-electron chi connectivity index (χ0n) is 9.28. The molecule has 1 aliphatic heterocycles. The van der Waals surface area contributed by atoms with E-state index in [1.165, 1.54) is 18.3 Å². The van der Waals surface area contributed by atoms with Crippen molar-refractivity contribution in [3.05, 3.63) is 12.4 Å². The van der Waals surface area contributed by atoms with Gasteiger partial charge in [0.1, 0.15) is 18.2 Å². The number of aliphatic hydroxyl groups is 1. The van der Waals surface area contributed by atoms with Gasteiger partial charge in [0.15, 0.2) is 0 Å². The minimum atomic E-state index is -0.973. The standard InChI is InChI=1S/C10H13N3O4/c1-17-9-3-8(11-5-12-9)13-4-6(14)2-7(13)10(15)16/h3,5-7,14H,2,4H2,1H3,(H,15,16). The third-order valence-electron chi connectivity index (χ3n) is 2.70. The minimum Gasteiger partial charge on any atom is -0.481 e. The van der Waals surface area contributed by atoms with Crippen molar-refractivity contribution in [1.29, 1.82) is 0 Å². The predicted molar refractivity (Wildman–Crippen MR) is 58.0 cm³/mol. The summed E-state index contributed by atoms with van der Waals surface area (Å²) in [4.78, 5) is 20.4. The van der Waals surface area contributed by atoms with Gasteiger partial charge in [0, 0.05) is 19.0 Å². The first-order chi connectivity index (χ1) is 8.11. The monoisotopic (exact) mass is 239 g/mol. The lowest BCUT2D eigenvalue weighted by atomic mass is 10.2. The number of aromatic nitrogens is 2. The molecule has 2 heterocycles. The van der Waals surface area contributed by atoms with Crippen molar-refractivity contribution in [3.63, 3.8) is 0 Å². The van der Waals surface area contributed by atoms with Crippen LogP contribution in [0.1, 0.15) is 6.42 Å². The van der Waals surface area contributed by atoms with Crippen molar-refractivity contribution in [2.75, 3.05) is 18.6 Å². The smallest absolute Gasteiger partial charge is 0.326 e. The molecule has 0 aromatic carbocycles. The number of aliphatic hydroxyl groups excluding tert-OH is 1. The Kier molecular flexibility index (Phi) is 3.10. The van der Waals surface area contributed by atoms with Crippen molar-refractivity contribution in [2.45, 2.75) is 18.6 Å². The molecule has 2 atom stereocenters. The first-order valence-electron chi connectivity index (χ1n) is 5.15. The quantitative estimate of drug-likeness (QED) is 0.734. The fourth-order valence-corrected chi connectivity index (χ4v) is 1.90. The van der Waals surface area contributed by atoms with Crippen molar-refractivity contribution < 1.29 is 19.7 Å². The number of β-amino-alcohol motifs (C(OH)–C–C–N with tert-alkyl or cyclic N) is 1. The molecule has 17 heavy (non-hydrogen) atoms. The molecule has 1 aliphatic rings. The molecule has 2 N–H and O–H groups in total. The SMILES string of the molecule is COc1cc(N2CC(O)CC2C(=O)O)ncn1. The third-order valence-corrected chi connectivity index (χ3v) is 2.70. The number of rotatable bonds is 3. The van der Waals surface area contributed by atoms with E-state index in [1.54, 1.807) is 6.07 Å². The number of hydrogen-bond donors (Lipinski definition) is 2. The maximum Gasteiger partial charge on any atom is 0.326 e. The molecule has 1 fully saturated rings. The average Bonchev–Trinajstić information content (AvgIpc) is 2.72. The molecule has 2 rings (SSSR count). The van der Waals surface area contributed by atoms with Crippen LogP contribution in [0.25, 0.3) is 0 Å². The topological polar surface area (TPSA) is 95.8 Å². The Balaban J connectivity index is 2.28. The summed E-state index contributed by atoms with van der Waals surface area (Å²) < 4.78 is 4.95. The molecule has 1 saturated heterocycles. The van der Waals surface area contributed by atoms with E-state index in [-0.39, 0.29) is 13.0 Å². The average molecular weight is 239 g/mol. The van der Waals surface area contributed by atoms with E-state index < -0.39 is 18.1 Å². The number of nitrogens with zero attached hydrogens (tertiary/aromatic N) is 3. The number of hydrogen-bond acceptors (Lipinski definition) is 6. The molecule has 1 aromatic heterocycles. The van der Waals surface area contributed by atoms with Gasteiger partial charge in [0.2, 0.25) is 5.88 Å². The first-order valence-corrected chi connectivity index (χ1v) is 5.15. The highest BCUT2D eigenvalue weighted by atomic mass is 16.5. The van der Waals surface area contributed by atoms with Crippen LogP contribution in [0, 0.1) is 0 Å². The second kappa shape index (κ2) is 4.54. The van der Waals surface area contributed by atoms with E-state index in [0.717, 1.165) is 0 Å². The van der Waals surface area contributed by atoms with E-state index in [4.69, 9.17) is 9.84 Å². The molecule has 7 heteroatoms. The van der Waals surface area contributed by atoms with Crippen LogP contribution in [0.15, 0.2) is 12.4 Å². The fraction of sp³-hybridized carbons (Fsp3) is 0.500. The maximum atomic E-state index is 11.1. The largest absolute Gasteiger partial charge is 0.481 e. The Morgan fingerprint density at radius 2 is 2.35 bits per heavy atom. The van der Waals surface area contributed by atoms with Crippen LogP contribution in [0.2, 0.25) is 0 Å². The number of carboxylic acid groups (broad SMARTS) is 1. The normalized spacial score (nSPS) is 23.8. The van der Waals surface area contributed by atoms with Crippen molar-refractivity contribution in [3.8, 4) is 5.88 Å². The molecular formula is C10H13N3O4. The lowest BCUT2D eigenvalue weighted by Gasteiger charge is -2.21. The third kappa shape index (κ3) is 2.28. The Hall–Kier alpha value is -1.89. The molecule has 0 amide bonds. The van der Waals surface area contributed by atoms with Crippen molar-refractivity contribution in [1.82, 2.24) is 9.97 Å². The van der Waals surface area contributed by atoms with Crippen LogP contribution >= 0.6 is 0 Å². The second-order valence-electron chi connectivity index (χ2n) is 3.81. The van der Waals surface area contributed by atoms with E-state index in [1.807, 2.05) is 0 Å². The highest BCUT2D eigenvalue weighted by Crippen LogP contribution is 2.25. The van der Waals surface area contributed by atoms with Crippen molar-refractivity contribution >= 4 is 11.8 Å². The molecule has 0 aliphatic carbocycles. The van der Waals surface area contributed by atoms with Crippen LogP contribution in [-0.2, 0) is 4.79 Å². The molecule has 1 aromatic rings. The summed E-state index contributed by atoms with van der Waals surface area (Å²) >= 11 is 0. The molecule has 0 radical (unpaired) electrons. The summed E-state index contributed by atoms with van der Waals surface area (Å²) in [5.41, 5.74) is 0. The molecular weight excluding hydrogens is 226 g/mol. The highest BCUT2D eigenvalue weighted by molar-refractivity contribution is 5.78. The summed E-state index contributed by atoms with van der Waals surface area (Å²) in [5.74, 6) is -0.166. The van der Waals surface area contributed by atoms with Gasteiger partial charge in [0.25, 0.3) is 0 Å². The van der Waals surface area contributed by atoms with Gasteiger partial charge in [-0.3, -0.25) is 0 Å². The minimum absolute atomic E-state index is 0.196. The van der Waals surface area contributed by atoms with Crippen LogP contribution in [-0.4, -0.2) is 52.0 Å². The summed E-state index contributed by atoms with van der Waals surface area (Å²) in [6, 6.07) is 0.790. The van der Waals surface area contributed by atoms with Gasteiger partial charge in [-0.15, -0.1) is 0 Å². The molecule has 7 nitrogen and oxygen atoms in total. The molecule has 0 spiro atoms. The van der Waals surface area contributed by atoms with E-state index in [2.05, 4.69) is 9.97 Å². The lowest BCUT2D eigenvalue weighted by molar-refractivity contribution is -0.138. The fourth-order valence-electron chi connectivity index (χ4n) is 1.90. The van der Waals surface area contributed by atoms with Crippen LogP contribution < -0.4 is 9.64 Å². The van der Waals surface area contributed by atoms with E-state index in [9.17, 15) is 9.90 Å². The van der Waals surface area contributed by atoms with Crippen molar-refractivity contribution in [2.24, 2.45) is 0 Å². The first kappa shape index (κ1) is 11.6. The number of carboxylic acids is 1. The zero-order valence-corrected chi connectivity index (χ0v) is 9.28. The Labute approximate surface area is 97.7 Å². The summed E-state index contributed by atoms with van der Waals surface area (Å²) in [6.45, 7) is 0.247. The van der Waals surface area contributed by atoms with Gasteiger partial charge < -0.3 is 19.8 Å². The summed E-state index contributed by atoms with van der Waals surface area (Å²) in [6.07, 6.45) is 0.844. The molecule has 2 unspecified atom stereocenters. The number of aliphatic carboxylic acids is 1. The molecule has 0 bridgehead atoms. The van der Waals surface area contributed by atoms with Gasteiger partial charge in [-0.2, -0.15) is 0 Å². The van der Waals surface area contributed by atoms with Gasteiger partial charge in [-0.25, -0.2) is 14.8 Å². The maximum absolute atomic E-state index is 11.1. The Morgan fingerprint density at radius 1 is 1.59 bits per heavy atom. The van der Waals surface area contributed by atoms with E-state index >= 15 is 0 Å². The van der Waals surface area contributed by atoms with Crippen LogP contribution in [0.3, 0.4) is 0 Å². The number of ether oxygens (including phenoxy) is 1. The molecule has 92 valence electrons. The second-order valence-corrected chi connectivity index (χ2v) is 3.81. The van der Waals surface area contributed by atoms with Gasteiger partial charge in [-0.1, -0.05) is 0 Å². The van der Waals surface area contributed by atoms with Crippen LogP contribution in [0.4, 0.5) is 5.82 Å². The van der Waals surface area contributed by atoms with Crippen LogP contribution in [0.5, 0.6) is 5.88 Å². The Morgan fingerprint density at radius 3 is 3.00 bits per heavy atom. The Bertz CT molecular complexity index is 426. The number of methoxy groups -OCH3 is 1. The number of carbonyl (C=O) groups is 1. The highest BCUT2D eigenvalue weighted by Gasteiger charge is 2.36. The summed E-state index contributed by atoms with van der Waals surface area (Å²) in [5, 5.41) is 18.6. The summed E-state index contributed by atoms with van der Waals surface area (Å²) in [7, 11) is 1.47. The molecule has 0 saturated carbocycles.